The summed E-state index contributed by atoms with van der Waals surface area (Å²) in [6.07, 6.45) is 0.319. The van der Waals surface area contributed by atoms with Crippen LogP contribution in [0.4, 0.5) is 0 Å². The predicted molar refractivity (Wildman–Crippen MR) is 83.9 cm³/mol. The maximum atomic E-state index is 12.0. The predicted octanol–water partition coefficient (Wildman–Crippen LogP) is 3.00. The van der Waals surface area contributed by atoms with Crippen LogP contribution >= 0.6 is 0 Å². The third-order valence-corrected chi connectivity index (χ3v) is 3.64. The quantitative estimate of drug-likeness (QED) is 0.855. The minimum Gasteiger partial charge on any atom is -0.478 e. The molecule has 2 aromatic carbocycles. The summed E-state index contributed by atoms with van der Waals surface area (Å²) in [5, 5.41) is 18.1. The van der Waals surface area contributed by atoms with Crippen LogP contribution in [0, 0.1) is 0 Å². The van der Waals surface area contributed by atoms with E-state index in [0.29, 0.717) is 17.5 Å². The standard InChI is InChI=1S/C18H16O5/c1-11(19)16(13-5-3-7-15(10-13)18(22)23)9-12-4-2-6-14(8-12)17(20)21/h2-8,10,16H,9H2,1H3,(H,20,21)(H,22,23). The zero-order valence-corrected chi connectivity index (χ0v) is 12.5. The van der Waals surface area contributed by atoms with Crippen molar-refractivity contribution in [3.05, 3.63) is 70.8 Å². The minimum absolute atomic E-state index is 0.103. The monoisotopic (exact) mass is 312 g/mol. The van der Waals surface area contributed by atoms with Crippen LogP contribution in [0.5, 0.6) is 0 Å². The Kier molecular flexibility index (Phi) is 4.91. The third kappa shape index (κ3) is 4.03. The molecule has 0 amide bonds. The van der Waals surface area contributed by atoms with Crippen molar-refractivity contribution < 1.29 is 24.6 Å². The molecule has 1 unspecified atom stereocenters. The van der Waals surface area contributed by atoms with Gasteiger partial charge in [-0.05, 0) is 48.7 Å². The highest BCUT2D eigenvalue weighted by atomic mass is 16.4. The fourth-order valence-electron chi connectivity index (χ4n) is 2.45. The average molecular weight is 312 g/mol. The summed E-state index contributed by atoms with van der Waals surface area (Å²) in [6.45, 7) is 1.44. The van der Waals surface area contributed by atoms with E-state index in [9.17, 15) is 14.4 Å². The van der Waals surface area contributed by atoms with Crippen molar-refractivity contribution in [1.82, 2.24) is 0 Å². The number of rotatable bonds is 6. The first-order chi connectivity index (χ1) is 10.9. The first kappa shape index (κ1) is 16.4. The molecule has 5 nitrogen and oxygen atoms in total. The Morgan fingerprint density at radius 2 is 1.48 bits per heavy atom. The Labute approximate surface area is 133 Å². The van der Waals surface area contributed by atoms with Crippen molar-refractivity contribution in [3.8, 4) is 0 Å². The molecule has 0 bridgehead atoms. The SMILES string of the molecule is CC(=O)C(Cc1cccc(C(=O)O)c1)c1cccc(C(=O)O)c1. The molecule has 1 atom stereocenters. The molecule has 0 heterocycles. The van der Waals surface area contributed by atoms with E-state index in [2.05, 4.69) is 0 Å². The van der Waals surface area contributed by atoms with Crippen LogP contribution in [0.2, 0.25) is 0 Å². The number of carbonyl (C=O) groups is 3. The van der Waals surface area contributed by atoms with Gasteiger partial charge in [0.1, 0.15) is 5.78 Å². The van der Waals surface area contributed by atoms with Crippen LogP contribution < -0.4 is 0 Å². The van der Waals surface area contributed by atoms with Gasteiger partial charge in [0.05, 0.1) is 11.1 Å². The second-order valence-electron chi connectivity index (χ2n) is 5.30. The second-order valence-corrected chi connectivity index (χ2v) is 5.30. The summed E-state index contributed by atoms with van der Waals surface area (Å²) >= 11 is 0. The molecule has 0 saturated heterocycles. The van der Waals surface area contributed by atoms with E-state index in [-0.39, 0.29) is 16.9 Å². The number of carboxylic acids is 2. The number of ketones is 1. The largest absolute Gasteiger partial charge is 0.478 e. The molecular formula is C18H16O5. The molecule has 0 fully saturated rings. The maximum Gasteiger partial charge on any atom is 0.335 e. The number of hydrogen-bond acceptors (Lipinski definition) is 3. The first-order valence-electron chi connectivity index (χ1n) is 7.04. The molecule has 0 radical (unpaired) electrons. The summed E-state index contributed by atoms with van der Waals surface area (Å²) in [7, 11) is 0. The molecule has 0 aliphatic heterocycles. The Balaban J connectivity index is 2.34. The molecule has 0 aliphatic rings. The average Bonchev–Trinajstić information content (AvgIpc) is 2.52. The molecule has 0 aliphatic carbocycles. The third-order valence-electron chi connectivity index (χ3n) is 3.64. The van der Waals surface area contributed by atoms with Gasteiger partial charge in [-0.2, -0.15) is 0 Å². The van der Waals surface area contributed by atoms with Crippen LogP contribution in [0.15, 0.2) is 48.5 Å². The van der Waals surface area contributed by atoms with Gasteiger partial charge in [-0.3, -0.25) is 4.79 Å². The minimum atomic E-state index is -1.05. The van der Waals surface area contributed by atoms with Crippen LogP contribution in [-0.4, -0.2) is 27.9 Å². The molecule has 23 heavy (non-hydrogen) atoms. The summed E-state index contributed by atoms with van der Waals surface area (Å²) < 4.78 is 0. The van der Waals surface area contributed by atoms with E-state index in [1.165, 1.54) is 31.2 Å². The van der Waals surface area contributed by atoms with Crippen molar-refractivity contribution in [2.45, 2.75) is 19.3 Å². The molecule has 118 valence electrons. The van der Waals surface area contributed by atoms with Gasteiger partial charge < -0.3 is 10.2 Å². The van der Waals surface area contributed by atoms with E-state index in [4.69, 9.17) is 10.2 Å². The van der Waals surface area contributed by atoms with Gasteiger partial charge in [0.2, 0.25) is 0 Å². The molecule has 2 N–H and O–H groups in total. The van der Waals surface area contributed by atoms with Crippen molar-refractivity contribution in [1.29, 1.82) is 0 Å². The van der Waals surface area contributed by atoms with Gasteiger partial charge in [-0.25, -0.2) is 9.59 Å². The molecular weight excluding hydrogens is 296 g/mol. The fraction of sp³-hybridized carbons (Fsp3) is 0.167. The number of carbonyl (C=O) groups excluding carboxylic acids is 1. The van der Waals surface area contributed by atoms with Gasteiger partial charge in [0.25, 0.3) is 0 Å². The highest BCUT2D eigenvalue weighted by Crippen LogP contribution is 2.23. The molecule has 0 aromatic heterocycles. The zero-order valence-electron chi connectivity index (χ0n) is 12.5. The summed E-state index contributed by atoms with van der Waals surface area (Å²) in [6, 6.07) is 12.7. The topological polar surface area (TPSA) is 91.7 Å². The van der Waals surface area contributed by atoms with Crippen LogP contribution in [-0.2, 0) is 11.2 Å². The van der Waals surface area contributed by atoms with Gasteiger partial charge in [0, 0.05) is 5.92 Å². The van der Waals surface area contributed by atoms with Gasteiger partial charge in [-0.15, -0.1) is 0 Å². The summed E-state index contributed by atoms with van der Waals surface area (Å²) in [5.74, 6) is -2.70. The van der Waals surface area contributed by atoms with Crippen LogP contribution in [0.1, 0.15) is 44.7 Å². The Morgan fingerprint density at radius 3 is 2.04 bits per heavy atom. The van der Waals surface area contributed by atoms with Crippen LogP contribution in [0.25, 0.3) is 0 Å². The van der Waals surface area contributed by atoms with E-state index in [1.807, 2.05) is 0 Å². The lowest BCUT2D eigenvalue weighted by Crippen LogP contribution is -2.13. The number of Topliss-reactive ketones (excluding diaryl/α,β-unsaturated/α-hetero) is 1. The lowest BCUT2D eigenvalue weighted by Gasteiger charge is -2.15. The number of aromatic carboxylic acids is 2. The molecule has 2 rings (SSSR count). The first-order valence-corrected chi connectivity index (χ1v) is 7.04. The molecule has 0 spiro atoms. The molecule has 0 saturated carbocycles. The fourth-order valence-corrected chi connectivity index (χ4v) is 2.45. The lowest BCUT2D eigenvalue weighted by atomic mass is 9.88. The van der Waals surface area contributed by atoms with Crippen molar-refractivity contribution in [3.63, 3.8) is 0 Å². The van der Waals surface area contributed by atoms with E-state index < -0.39 is 17.9 Å². The van der Waals surface area contributed by atoms with E-state index >= 15 is 0 Å². The van der Waals surface area contributed by atoms with Gasteiger partial charge in [0.15, 0.2) is 0 Å². The number of benzene rings is 2. The Hall–Kier alpha value is -2.95. The Morgan fingerprint density at radius 1 is 0.913 bits per heavy atom. The summed E-state index contributed by atoms with van der Waals surface area (Å²) in [5.41, 5.74) is 1.60. The van der Waals surface area contributed by atoms with Crippen LogP contribution in [0.3, 0.4) is 0 Å². The molecule has 2 aromatic rings. The highest BCUT2D eigenvalue weighted by Gasteiger charge is 2.19. The number of carboxylic acid groups (broad SMARTS) is 2. The van der Waals surface area contributed by atoms with Gasteiger partial charge >= 0.3 is 11.9 Å². The normalized spacial score (nSPS) is 11.7. The zero-order chi connectivity index (χ0) is 17.0. The summed E-state index contributed by atoms with van der Waals surface area (Å²) in [4.78, 5) is 34.1. The maximum absolute atomic E-state index is 12.0. The molecule has 5 heteroatoms. The second kappa shape index (κ2) is 6.87. The number of hydrogen-bond donors (Lipinski definition) is 2. The van der Waals surface area contributed by atoms with E-state index in [1.54, 1.807) is 24.3 Å². The van der Waals surface area contributed by atoms with Crippen molar-refractivity contribution >= 4 is 17.7 Å². The smallest absolute Gasteiger partial charge is 0.335 e. The van der Waals surface area contributed by atoms with Crippen molar-refractivity contribution in [2.24, 2.45) is 0 Å². The van der Waals surface area contributed by atoms with Gasteiger partial charge in [-0.1, -0.05) is 24.3 Å². The lowest BCUT2D eigenvalue weighted by molar-refractivity contribution is -0.118. The van der Waals surface area contributed by atoms with Crippen molar-refractivity contribution in [2.75, 3.05) is 0 Å². The Bertz CT molecular complexity index is 764. The highest BCUT2D eigenvalue weighted by molar-refractivity contribution is 5.89. The van der Waals surface area contributed by atoms with E-state index in [0.717, 1.165) is 0 Å².